The molecule has 38 heavy (non-hydrogen) atoms. The minimum absolute atomic E-state index is 0.131. The molecule has 0 saturated heterocycles. The zero-order chi connectivity index (χ0) is 25.2. The third-order valence-corrected chi connectivity index (χ3v) is 9.13. The molecule has 0 amide bonds. The first-order valence-electron chi connectivity index (χ1n) is 13.5. The van der Waals surface area contributed by atoms with Crippen LogP contribution < -0.4 is 15.8 Å². The van der Waals surface area contributed by atoms with Crippen molar-refractivity contribution < 1.29 is 0 Å². The van der Waals surface area contributed by atoms with E-state index in [2.05, 4.69) is 139 Å². The van der Waals surface area contributed by atoms with E-state index in [-0.39, 0.29) is 12.1 Å². The number of fused-ring (bicyclic) bond motifs is 8. The third kappa shape index (κ3) is 2.28. The number of anilines is 2. The van der Waals surface area contributed by atoms with Gasteiger partial charge in [0.25, 0.3) is 6.71 Å². The predicted octanol–water partition coefficient (Wildman–Crippen LogP) is 7.10. The number of rotatable bonds is 1. The van der Waals surface area contributed by atoms with Gasteiger partial charge < -0.3 is 9.47 Å². The summed E-state index contributed by atoms with van der Waals surface area (Å²) in [6, 6.07) is 42.7. The van der Waals surface area contributed by atoms with Crippen LogP contribution in [0.4, 0.5) is 11.4 Å². The number of benzene rings is 5. The van der Waals surface area contributed by atoms with E-state index in [4.69, 9.17) is 0 Å². The first kappa shape index (κ1) is 20.5. The van der Waals surface area contributed by atoms with E-state index in [1.54, 1.807) is 0 Å². The van der Waals surface area contributed by atoms with Crippen LogP contribution in [-0.4, -0.2) is 11.3 Å². The van der Waals surface area contributed by atoms with Crippen molar-refractivity contribution in [3.8, 4) is 5.69 Å². The average Bonchev–Trinajstić information content (AvgIpc) is 3.42. The molecule has 0 spiro atoms. The van der Waals surface area contributed by atoms with Crippen LogP contribution in [0.25, 0.3) is 33.0 Å². The van der Waals surface area contributed by atoms with Crippen LogP contribution in [-0.2, 0) is 5.41 Å². The summed E-state index contributed by atoms with van der Waals surface area (Å²) in [6.45, 7) is 4.98. The maximum atomic E-state index is 2.56. The van der Waals surface area contributed by atoms with Crippen molar-refractivity contribution in [2.24, 2.45) is 0 Å². The lowest BCUT2D eigenvalue weighted by molar-refractivity contribution is 0.626. The summed E-state index contributed by atoms with van der Waals surface area (Å²) in [6.07, 6.45) is 0. The summed E-state index contributed by atoms with van der Waals surface area (Å²) >= 11 is 0. The molecule has 0 N–H and O–H groups in total. The van der Waals surface area contributed by atoms with Crippen molar-refractivity contribution in [3.63, 3.8) is 0 Å². The van der Waals surface area contributed by atoms with Gasteiger partial charge in [0, 0.05) is 44.5 Å². The molecule has 1 aromatic heterocycles. The van der Waals surface area contributed by atoms with E-state index in [9.17, 15) is 0 Å². The predicted molar refractivity (Wildman–Crippen MR) is 161 cm³/mol. The topological polar surface area (TPSA) is 8.17 Å². The van der Waals surface area contributed by atoms with Crippen LogP contribution in [0.3, 0.4) is 0 Å². The highest BCUT2D eigenvalue weighted by atomic mass is 15.2. The van der Waals surface area contributed by atoms with Gasteiger partial charge in [0.15, 0.2) is 0 Å². The lowest BCUT2D eigenvalue weighted by Gasteiger charge is -2.43. The van der Waals surface area contributed by atoms with Gasteiger partial charge in [0.2, 0.25) is 0 Å². The van der Waals surface area contributed by atoms with Crippen LogP contribution in [0, 0.1) is 0 Å². The van der Waals surface area contributed by atoms with Crippen molar-refractivity contribution in [1.82, 2.24) is 4.57 Å². The fourth-order valence-electron chi connectivity index (χ4n) is 7.72. The van der Waals surface area contributed by atoms with Crippen LogP contribution >= 0.6 is 0 Å². The van der Waals surface area contributed by atoms with Crippen molar-refractivity contribution >= 4 is 56.3 Å². The average molecular weight is 484 g/mol. The normalized spacial score (nSPS) is 16.2. The maximum absolute atomic E-state index is 2.56. The van der Waals surface area contributed by atoms with Gasteiger partial charge in [0.1, 0.15) is 0 Å². The standard InChI is InChI=1S/C35H25BN2/c1-35(2)26-17-8-6-15-25(26)31-34(35)37(22-12-4-3-5-13-22)29-20-11-21-30-32(29)36(31)27-18-10-16-24-23-14-7-9-19-28(23)38(30)33(24)27/h3-21H,1-2H3. The Bertz CT molecular complexity index is 2010. The van der Waals surface area contributed by atoms with Gasteiger partial charge in [-0.25, -0.2) is 0 Å². The van der Waals surface area contributed by atoms with Gasteiger partial charge in [-0.2, -0.15) is 0 Å². The van der Waals surface area contributed by atoms with Gasteiger partial charge in [-0.15, -0.1) is 0 Å². The second kappa shape index (κ2) is 6.87. The summed E-state index contributed by atoms with van der Waals surface area (Å²) in [5, 5.41) is 2.66. The van der Waals surface area contributed by atoms with E-state index in [0.29, 0.717) is 0 Å². The first-order chi connectivity index (χ1) is 18.7. The fourth-order valence-corrected chi connectivity index (χ4v) is 7.72. The Kier molecular flexibility index (Phi) is 3.72. The molecule has 0 unspecified atom stereocenters. The van der Waals surface area contributed by atoms with Crippen LogP contribution in [0.2, 0.25) is 0 Å². The van der Waals surface area contributed by atoms with Gasteiger partial charge >= 0.3 is 0 Å². The van der Waals surface area contributed by atoms with E-state index < -0.39 is 0 Å². The molecule has 3 heterocycles. The molecule has 6 aromatic rings. The Morgan fingerprint density at radius 3 is 2.24 bits per heavy atom. The molecule has 0 radical (unpaired) electrons. The number of hydrogen-bond donors (Lipinski definition) is 0. The highest BCUT2D eigenvalue weighted by molar-refractivity contribution is 7.03. The monoisotopic (exact) mass is 484 g/mol. The Labute approximate surface area is 222 Å². The van der Waals surface area contributed by atoms with Crippen molar-refractivity contribution in [2.45, 2.75) is 19.3 Å². The number of nitrogens with zero attached hydrogens (tertiary/aromatic N) is 2. The van der Waals surface area contributed by atoms with Crippen molar-refractivity contribution in [1.29, 1.82) is 0 Å². The van der Waals surface area contributed by atoms with E-state index in [0.717, 1.165) is 0 Å². The Hall–Kier alpha value is -4.50. The Morgan fingerprint density at radius 2 is 1.34 bits per heavy atom. The molecule has 1 aliphatic carbocycles. The molecule has 0 bridgehead atoms. The summed E-state index contributed by atoms with van der Waals surface area (Å²) in [5.41, 5.74) is 14.8. The Morgan fingerprint density at radius 1 is 0.632 bits per heavy atom. The molecule has 0 saturated carbocycles. The summed E-state index contributed by atoms with van der Waals surface area (Å²) in [4.78, 5) is 2.56. The van der Waals surface area contributed by atoms with E-state index >= 15 is 0 Å². The molecule has 2 aliphatic heterocycles. The molecule has 178 valence electrons. The lowest BCUT2D eigenvalue weighted by atomic mass is 9.32. The van der Waals surface area contributed by atoms with E-state index in [1.807, 2.05) is 0 Å². The second-order valence-corrected chi connectivity index (χ2v) is 11.3. The van der Waals surface area contributed by atoms with Crippen molar-refractivity contribution in [3.05, 3.63) is 132 Å². The third-order valence-electron chi connectivity index (χ3n) is 9.13. The molecule has 5 aromatic carbocycles. The quantitative estimate of drug-likeness (QED) is 0.226. The minimum atomic E-state index is -0.131. The minimum Gasteiger partial charge on any atom is -0.314 e. The molecule has 3 aliphatic rings. The molecule has 0 atom stereocenters. The summed E-state index contributed by atoms with van der Waals surface area (Å²) < 4.78 is 2.52. The SMILES string of the molecule is CC1(C)C2=C(B3c4c(cccc4-n4c5ccccc5c5cccc3c54)N2c2ccccc2)c2ccccc21. The highest BCUT2D eigenvalue weighted by Gasteiger charge is 2.51. The first-order valence-corrected chi connectivity index (χ1v) is 13.5. The van der Waals surface area contributed by atoms with Gasteiger partial charge in [-0.1, -0.05) is 98.8 Å². The lowest BCUT2D eigenvalue weighted by Crippen LogP contribution is -2.54. The number of para-hydroxylation sites is 3. The molecule has 3 heteroatoms. The largest absolute Gasteiger partial charge is 0.314 e. The smallest absolute Gasteiger partial charge is 0.252 e. The molecule has 2 nitrogen and oxygen atoms in total. The molecule has 0 fully saturated rings. The molecular weight excluding hydrogens is 459 g/mol. The van der Waals surface area contributed by atoms with Crippen molar-refractivity contribution in [2.75, 3.05) is 4.90 Å². The Balaban J connectivity index is 1.51. The summed E-state index contributed by atoms with van der Waals surface area (Å²) in [5.74, 6) is 0. The number of aromatic nitrogens is 1. The fraction of sp³-hybridized carbons (Fsp3) is 0.0857. The second-order valence-electron chi connectivity index (χ2n) is 11.3. The highest BCUT2D eigenvalue weighted by Crippen LogP contribution is 2.54. The van der Waals surface area contributed by atoms with Crippen LogP contribution in [0.1, 0.15) is 25.0 Å². The van der Waals surface area contributed by atoms with Gasteiger partial charge in [-0.05, 0) is 57.9 Å². The molecule has 9 rings (SSSR count). The zero-order valence-electron chi connectivity index (χ0n) is 21.4. The number of allylic oxidation sites excluding steroid dienone is 1. The van der Waals surface area contributed by atoms with Crippen LogP contribution in [0.15, 0.2) is 121 Å². The van der Waals surface area contributed by atoms with Crippen LogP contribution in [0.5, 0.6) is 0 Å². The van der Waals surface area contributed by atoms with Gasteiger partial charge in [0.05, 0.1) is 5.52 Å². The number of hydrogen-bond acceptors (Lipinski definition) is 1. The van der Waals surface area contributed by atoms with Gasteiger partial charge in [-0.3, -0.25) is 0 Å². The van der Waals surface area contributed by atoms with E-state index in [1.165, 1.54) is 72.1 Å². The maximum Gasteiger partial charge on any atom is 0.252 e. The zero-order valence-corrected chi connectivity index (χ0v) is 21.4. The summed E-state index contributed by atoms with van der Waals surface area (Å²) in [7, 11) is 0. The molecular formula is C35H25BN2.